The third-order valence-electron chi connectivity index (χ3n) is 4.30. The molecule has 0 aliphatic carbocycles. The van der Waals surface area contributed by atoms with Crippen LogP contribution in [0, 0.1) is 5.21 Å². The monoisotopic (exact) mass is 264 g/mol. The van der Waals surface area contributed by atoms with Crippen molar-refractivity contribution < 1.29 is 15.1 Å². The van der Waals surface area contributed by atoms with Crippen LogP contribution in [0.25, 0.3) is 0 Å². The van der Waals surface area contributed by atoms with E-state index < -0.39 is 11.1 Å². The van der Waals surface area contributed by atoms with Crippen molar-refractivity contribution in [1.82, 2.24) is 5.06 Å². The highest BCUT2D eigenvalue weighted by molar-refractivity contribution is 5.96. The van der Waals surface area contributed by atoms with E-state index in [1.165, 1.54) is 0 Å². The maximum Gasteiger partial charge on any atom is 0.313 e. The van der Waals surface area contributed by atoms with Crippen LogP contribution in [-0.2, 0) is 6.61 Å². The number of aliphatic hydroxyl groups is 1. The molecule has 1 heterocycles. The predicted octanol–water partition coefficient (Wildman–Crippen LogP) is 1.70. The molecular weight excluding hydrogens is 244 g/mol. The molecule has 104 valence electrons. The molecular formula is C14H20N2O3. The highest BCUT2D eigenvalue weighted by atomic mass is 16.5. The summed E-state index contributed by atoms with van der Waals surface area (Å²) in [5.74, 6) is 0.213. The first-order chi connectivity index (χ1) is 8.73. The Morgan fingerprint density at radius 2 is 1.89 bits per heavy atom. The van der Waals surface area contributed by atoms with Crippen LogP contribution in [0.1, 0.15) is 38.8 Å². The molecule has 5 nitrogen and oxygen atoms in total. The van der Waals surface area contributed by atoms with Crippen LogP contribution in [0.2, 0.25) is 0 Å². The van der Waals surface area contributed by atoms with Crippen molar-refractivity contribution in [2.45, 2.75) is 45.4 Å². The van der Waals surface area contributed by atoms with Gasteiger partial charge in [-0.15, -0.1) is 5.06 Å². The van der Waals surface area contributed by atoms with Gasteiger partial charge in [0.2, 0.25) is 0 Å². The van der Waals surface area contributed by atoms with Gasteiger partial charge in [0.25, 0.3) is 0 Å². The lowest BCUT2D eigenvalue weighted by Crippen LogP contribution is -2.53. The number of rotatable bonds is 2. The van der Waals surface area contributed by atoms with E-state index in [4.69, 9.17) is 5.11 Å². The summed E-state index contributed by atoms with van der Waals surface area (Å²) in [6.45, 7) is 7.14. The summed E-state index contributed by atoms with van der Waals surface area (Å²) in [7, 11) is 0. The fourth-order valence-electron chi connectivity index (χ4n) is 2.17. The zero-order chi connectivity index (χ0) is 14.4. The van der Waals surface area contributed by atoms with Crippen molar-refractivity contribution in [3.8, 4) is 0 Å². The van der Waals surface area contributed by atoms with Gasteiger partial charge in [-0.1, -0.05) is 12.1 Å². The molecule has 0 amide bonds. The minimum absolute atomic E-state index is 0.0990. The van der Waals surface area contributed by atoms with E-state index >= 15 is 0 Å². The molecule has 0 unspecified atom stereocenters. The summed E-state index contributed by atoms with van der Waals surface area (Å²) < 4.78 is 0.837. The Kier molecular flexibility index (Phi) is 3.07. The van der Waals surface area contributed by atoms with Gasteiger partial charge in [0.1, 0.15) is 5.54 Å². The Morgan fingerprint density at radius 3 is 2.37 bits per heavy atom. The van der Waals surface area contributed by atoms with Crippen molar-refractivity contribution in [3.63, 3.8) is 0 Å². The SMILES string of the molecule is CC1(C)N(O)C(c2cccc(CO)c2)=[N+]([O-])C1(C)C. The molecule has 2 rings (SSSR count). The van der Waals surface area contributed by atoms with E-state index in [0.29, 0.717) is 11.1 Å². The Bertz CT molecular complexity index is 535. The van der Waals surface area contributed by atoms with Gasteiger partial charge in [0, 0.05) is 0 Å². The topological polar surface area (TPSA) is 69.8 Å². The summed E-state index contributed by atoms with van der Waals surface area (Å²) in [5, 5.41) is 33.0. The highest BCUT2D eigenvalue weighted by Crippen LogP contribution is 2.37. The molecule has 0 saturated heterocycles. The standard InChI is InChI=1S/C14H20N2O3/c1-13(2)14(3,4)16(19)12(15(13)18)11-7-5-6-10(8-11)9-17/h5-8,17-18H,9H2,1-4H3. The number of hydrogen-bond acceptors (Lipinski definition) is 4. The smallest absolute Gasteiger partial charge is 0.313 e. The zero-order valence-electron chi connectivity index (χ0n) is 11.7. The molecule has 0 bridgehead atoms. The summed E-state index contributed by atoms with van der Waals surface area (Å²) in [6, 6.07) is 6.99. The van der Waals surface area contributed by atoms with E-state index in [2.05, 4.69) is 0 Å². The molecule has 1 aliphatic heterocycles. The Labute approximate surface area is 113 Å². The molecule has 5 heteroatoms. The van der Waals surface area contributed by atoms with E-state index in [-0.39, 0.29) is 12.4 Å². The number of nitrogens with zero attached hydrogens (tertiary/aromatic N) is 2. The second-order valence-electron chi connectivity index (χ2n) is 5.91. The second kappa shape index (κ2) is 4.21. The summed E-state index contributed by atoms with van der Waals surface area (Å²) >= 11 is 0. The molecule has 1 aromatic rings. The summed E-state index contributed by atoms with van der Waals surface area (Å²) in [4.78, 5) is 0. The first-order valence-electron chi connectivity index (χ1n) is 6.27. The number of benzene rings is 1. The molecule has 0 radical (unpaired) electrons. The Morgan fingerprint density at radius 1 is 1.26 bits per heavy atom. The van der Waals surface area contributed by atoms with Crippen molar-refractivity contribution >= 4 is 5.84 Å². The van der Waals surface area contributed by atoms with Gasteiger partial charge in [0.05, 0.1) is 12.2 Å². The minimum Gasteiger partial charge on any atom is -0.714 e. The second-order valence-corrected chi connectivity index (χ2v) is 5.91. The van der Waals surface area contributed by atoms with Crippen LogP contribution in [0.5, 0.6) is 0 Å². The van der Waals surface area contributed by atoms with Gasteiger partial charge >= 0.3 is 5.84 Å². The lowest BCUT2D eigenvalue weighted by molar-refractivity contribution is -0.539. The van der Waals surface area contributed by atoms with Gasteiger partial charge in [-0.25, -0.2) is 5.21 Å². The Balaban J connectivity index is 2.58. The van der Waals surface area contributed by atoms with Crippen molar-refractivity contribution in [2.75, 3.05) is 0 Å². The maximum atomic E-state index is 12.5. The van der Waals surface area contributed by atoms with Crippen molar-refractivity contribution in [3.05, 3.63) is 40.6 Å². The number of hydroxylamine groups is 3. The van der Waals surface area contributed by atoms with Crippen LogP contribution < -0.4 is 0 Å². The normalized spacial score (nSPS) is 21.1. The van der Waals surface area contributed by atoms with E-state index in [0.717, 1.165) is 9.80 Å². The highest BCUT2D eigenvalue weighted by Gasteiger charge is 2.58. The minimum atomic E-state index is -0.758. The zero-order valence-corrected chi connectivity index (χ0v) is 11.7. The summed E-state index contributed by atoms with van der Waals surface area (Å²) in [6.07, 6.45) is 0. The lowest BCUT2D eigenvalue weighted by atomic mass is 9.84. The maximum absolute atomic E-state index is 12.5. The van der Waals surface area contributed by atoms with E-state index in [1.807, 2.05) is 13.8 Å². The van der Waals surface area contributed by atoms with E-state index in [1.54, 1.807) is 38.1 Å². The van der Waals surface area contributed by atoms with Crippen molar-refractivity contribution in [2.24, 2.45) is 0 Å². The number of aliphatic hydroxyl groups excluding tert-OH is 1. The molecule has 2 N–H and O–H groups in total. The molecule has 0 atom stereocenters. The van der Waals surface area contributed by atoms with Gasteiger partial charge in [0.15, 0.2) is 5.54 Å². The van der Waals surface area contributed by atoms with Crippen molar-refractivity contribution in [1.29, 1.82) is 0 Å². The Hall–Kier alpha value is -1.59. The van der Waals surface area contributed by atoms with Gasteiger partial charge in [-0.05, 0) is 45.4 Å². The lowest BCUT2D eigenvalue weighted by Gasteiger charge is -2.33. The van der Waals surface area contributed by atoms with Crippen LogP contribution in [0.3, 0.4) is 0 Å². The molecule has 0 saturated carbocycles. The number of amidine groups is 1. The summed E-state index contributed by atoms with van der Waals surface area (Å²) in [5.41, 5.74) is -0.164. The molecule has 19 heavy (non-hydrogen) atoms. The van der Waals surface area contributed by atoms with Crippen LogP contribution in [0.4, 0.5) is 0 Å². The quantitative estimate of drug-likeness (QED) is 0.630. The average Bonchev–Trinajstić information content (AvgIpc) is 2.49. The van der Waals surface area contributed by atoms with Crippen LogP contribution in [0.15, 0.2) is 24.3 Å². The van der Waals surface area contributed by atoms with Gasteiger partial charge in [-0.3, -0.25) is 4.74 Å². The molecule has 1 aromatic carbocycles. The average molecular weight is 264 g/mol. The predicted molar refractivity (Wildman–Crippen MR) is 71.9 cm³/mol. The first-order valence-corrected chi connectivity index (χ1v) is 6.27. The third-order valence-corrected chi connectivity index (χ3v) is 4.30. The van der Waals surface area contributed by atoms with Crippen LogP contribution >= 0.6 is 0 Å². The largest absolute Gasteiger partial charge is 0.714 e. The molecule has 0 aromatic heterocycles. The third kappa shape index (κ3) is 1.81. The molecule has 0 spiro atoms. The van der Waals surface area contributed by atoms with Gasteiger partial charge in [-0.2, -0.15) is 0 Å². The molecule has 1 aliphatic rings. The fraction of sp³-hybridized carbons (Fsp3) is 0.500. The number of hydrogen-bond donors (Lipinski definition) is 2. The van der Waals surface area contributed by atoms with Crippen LogP contribution in [-0.4, -0.2) is 37.0 Å². The fourth-order valence-corrected chi connectivity index (χ4v) is 2.17. The molecule has 0 fully saturated rings. The van der Waals surface area contributed by atoms with Gasteiger partial charge < -0.3 is 10.3 Å². The van der Waals surface area contributed by atoms with E-state index in [9.17, 15) is 10.4 Å². The first kappa shape index (κ1) is 13.8.